The maximum absolute atomic E-state index is 11.5. The van der Waals surface area contributed by atoms with Crippen molar-refractivity contribution >= 4 is 11.9 Å². The van der Waals surface area contributed by atoms with Gasteiger partial charge in [0.1, 0.15) is 0 Å². The van der Waals surface area contributed by atoms with Crippen molar-refractivity contribution in [1.82, 2.24) is 16.0 Å². The number of carbonyl (C=O) groups is 1. The average molecular weight is 274 g/mol. The van der Waals surface area contributed by atoms with E-state index in [4.69, 9.17) is 0 Å². The average Bonchev–Trinajstić information content (AvgIpc) is 2.50. The summed E-state index contributed by atoms with van der Waals surface area (Å²) in [5, 5.41) is 8.93. The van der Waals surface area contributed by atoms with Crippen molar-refractivity contribution in [2.45, 2.75) is 6.42 Å². The number of aliphatic imine (C=N–C) groups is 1. The van der Waals surface area contributed by atoms with E-state index in [0.29, 0.717) is 12.1 Å². The van der Waals surface area contributed by atoms with E-state index in [1.165, 1.54) is 0 Å². The van der Waals surface area contributed by atoms with Crippen LogP contribution in [0.4, 0.5) is 0 Å². The summed E-state index contributed by atoms with van der Waals surface area (Å²) in [6.07, 6.45) is 2.60. The van der Waals surface area contributed by atoms with Gasteiger partial charge in [-0.05, 0) is 24.1 Å². The minimum Gasteiger partial charge on any atom is -0.356 e. The van der Waals surface area contributed by atoms with Gasteiger partial charge in [-0.25, -0.2) is 0 Å². The van der Waals surface area contributed by atoms with Gasteiger partial charge in [0.05, 0.1) is 0 Å². The Morgan fingerprint density at radius 3 is 2.85 bits per heavy atom. The van der Waals surface area contributed by atoms with Crippen LogP contribution in [0.3, 0.4) is 0 Å². The minimum atomic E-state index is -0.0664. The van der Waals surface area contributed by atoms with Gasteiger partial charge in [0.25, 0.3) is 5.91 Å². The number of benzene rings is 1. The van der Waals surface area contributed by atoms with Crippen molar-refractivity contribution in [3.8, 4) is 0 Å². The third-order valence-electron chi connectivity index (χ3n) is 2.76. The first-order valence-corrected chi connectivity index (χ1v) is 6.57. The highest BCUT2D eigenvalue weighted by atomic mass is 16.1. The van der Waals surface area contributed by atoms with E-state index in [9.17, 15) is 4.79 Å². The second kappa shape index (κ2) is 8.74. The lowest BCUT2D eigenvalue weighted by Crippen LogP contribution is -2.38. The molecule has 0 aliphatic rings. The van der Waals surface area contributed by atoms with E-state index in [1.54, 1.807) is 26.2 Å². The molecule has 0 radical (unpaired) electrons. The van der Waals surface area contributed by atoms with E-state index < -0.39 is 0 Å². The quantitative estimate of drug-likeness (QED) is 0.411. The molecule has 0 saturated heterocycles. The number of nitrogens with zero attached hydrogens (tertiary/aromatic N) is 1. The SMILES string of the molecule is C=CCNC(=NC)NCCc1cccc(C(=O)NC)c1. The van der Waals surface area contributed by atoms with E-state index in [-0.39, 0.29) is 5.91 Å². The van der Waals surface area contributed by atoms with Gasteiger partial charge < -0.3 is 16.0 Å². The molecule has 0 spiro atoms. The van der Waals surface area contributed by atoms with Gasteiger partial charge in [-0.2, -0.15) is 0 Å². The molecular formula is C15H22N4O. The van der Waals surface area contributed by atoms with Crippen LogP contribution < -0.4 is 16.0 Å². The van der Waals surface area contributed by atoms with Crippen molar-refractivity contribution in [2.75, 3.05) is 27.2 Å². The molecule has 0 unspecified atom stereocenters. The summed E-state index contributed by atoms with van der Waals surface area (Å²) in [5.74, 6) is 0.677. The summed E-state index contributed by atoms with van der Waals surface area (Å²) in [7, 11) is 3.36. The van der Waals surface area contributed by atoms with Crippen LogP contribution in [0.2, 0.25) is 0 Å². The summed E-state index contributed by atoms with van der Waals surface area (Å²) in [6.45, 7) is 5.06. The predicted molar refractivity (Wildman–Crippen MR) is 83.1 cm³/mol. The van der Waals surface area contributed by atoms with Crippen LogP contribution in [0.5, 0.6) is 0 Å². The molecule has 108 valence electrons. The zero-order chi connectivity index (χ0) is 14.8. The molecule has 0 aliphatic carbocycles. The Hall–Kier alpha value is -2.30. The predicted octanol–water partition coefficient (Wildman–Crippen LogP) is 0.940. The molecule has 3 N–H and O–H groups in total. The first-order chi connectivity index (χ1) is 9.71. The molecule has 0 aromatic heterocycles. The second-order valence-corrected chi connectivity index (χ2v) is 4.20. The fourth-order valence-corrected chi connectivity index (χ4v) is 1.73. The highest BCUT2D eigenvalue weighted by molar-refractivity contribution is 5.94. The molecule has 5 nitrogen and oxygen atoms in total. The van der Waals surface area contributed by atoms with Crippen LogP contribution in [-0.4, -0.2) is 39.1 Å². The Labute approximate surface area is 120 Å². The molecule has 0 fully saturated rings. The molecule has 1 aromatic rings. The summed E-state index contributed by atoms with van der Waals surface area (Å²) < 4.78 is 0. The number of nitrogens with one attached hydrogen (secondary N) is 3. The molecular weight excluding hydrogens is 252 g/mol. The van der Waals surface area contributed by atoms with Gasteiger partial charge >= 0.3 is 0 Å². The molecule has 0 aliphatic heterocycles. The lowest BCUT2D eigenvalue weighted by Gasteiger charge is -2.10. The van der Waals surface area contributed by atoms with Crippen molar-refractivity contribution in [2.24, 2.45) is 4.99 Å². The lowest BCUT2D eigenvalue weighted by atomic mass is 10.1. The molecule has 1 rings (SSSR count). The molecule has 20 heavy (non-hydrogen) atoms. The molecule has 0 heterocycles. The Kier molecular flexibility index (Phi) is 6.89. The minimum absolute atomic E-state index is 0.0664. The maximum atomic E-state index is 11.5. The second-order valence-electron chi connectivity index (χ2n) is 4.20. The van der Waals surface area contributed by atoms with Crippen molar-refractivity contribution in [3.63, 3.8) is 0 Å². The fourth-order valence-electron chi connectivity index (χ4n) is 1.73. The first-order valence-electron chi connectivity index (χ1n) is 6.57. The molecule has 1 aromatic carbocycles. The number of hydrogen-bond acceptors (Lipinski definition) is 2. The van der Waals surface area contributed by atoms with Crippen LogP contribution in [0.15, 0.2) is 41.9 Å². The lowest BCUT2D eigenvalue weighted by molar-refractivity contribution is 0.0963. The summed E-state index contributed by atoms with van der Waals surface area (Å²) in [6, 6.07) is 7.61. The van der Waals surface area contributed by atoms with E-state index in [1.807, 2.05) is 18.2 Å². The normalized spacial score (nSPS) is 10.8. The van der Waals surface area contributed by atoms with E-state index in [0.717, 1.165) is 24.5 Å². The number of rotatable bonds is 6. The van der Waals surface area contributed by atoms with Gasteiger partial charge in [0.2, 0.25) is 0 Å². The van der Waals surface area contributed by atoms with Crippen LogP contribution in [-0.2, 0) is 6.42 Å². The largest absolute Gasteiger partial charge is 0.356 e. The first kappa shape index (κ1) is 15.8. The highest BCUT2D eigenvalue weighted by Gasteiger charge is 2.03. The molecule has 5 heteroatoms. The van der Waals surface area contributed by atoms with E-state index in [2.05, 4.69) is 27.5 Å². The molecule has 0 bridgehead atoms. The number of guanidine groups is 1. The third kappa shape index (κ3) is 5.14. The summed E-state index contributed by atoms with van der Waals surface area (Å²) >= 11 is 0. The number of amides is 1. The number of carbonyl (C=O) groups excluding carboxylic acids is 1. The molecule has 1 amide bonds. The fraction of sp³-hybridized carbons (Fsp3) is 0.333. The monoisotopic (exact) mass is 274 g/mol. The van der Waals surface area contributed by atoms with Gasteiger partial charge in [0, 0.05) is 32.7 Å². The van der Waals surface area contributed by atoms with Crippen LogP contribution in [0, 0.1) is 0 Å². The Bertz CT molecular complexity index is 483. The van der Waals surface area contributed by atoms with Crippen LogP contribution in [0.25, 0.3) is 0 Å². The summed E-state index contributed by atoms with van der Waals surface area (Å²) in [4.78, 5) is 15.6. The van der Waals surface area contributed by atoms with E-state index >= 15 is 0 Å². The van der Waals surface area contributed by atoms with Crippen LogP contribution in [0.1, 0.15) is 15.9 Å². The Morgan fingerprint density at radius 1 is 1.40 bits per heavy atom. The maximum Gasteiger partial charge on any atom is 0.251 e. The molecule has 0 atom stereocenters. The van der Waals surface area contributed by atoms with Crippen molar-refractivity contribution < 1.29 is 4.79 Å². The van der Waals surface area contributed by atoms with Gasteiger partial charge in [-0.3, -0.25) is 9.79 Å². The van der Waals surface area contributed by atoms with Crippen LogP contribution >= 0.6 is 0 Å². The zero-order valence-corrected chi connectivity index (χ0v) is 12.1. The standard InChI is InChI=1S/C15H22N4O/c1-4-9-18-15(17-3)19-10-8-12-6-5-7-13(11-12)14(20)16-2/h4-7,11H,1,8-10H2,2-3H3,(H,16,20)(H2,17,18,19). The van der Waals surface area contributed by atoms with Gasteiger partial charge in [0.15, 0.2) is 5.96 Å². The van der Waals surface area contributed by atoms with Gasteiger partial charge in [-0.1, -0.05) is 18.2 Å². The van der Waals surface area contributed by atoms with Crippen molar-refractivity contribution in [1.29, 1.82) is 0 Å². The van der Waals surface area contributed by atoms with Gasteiger partial charge in [-0.15, -0.1) is 6.58 Å². The molecule has 0 saturated carbocycles. The zero-order valence-electron chi connectivity index (χ0n) is 12.1. The smallest absolute Gasteiger partial charge is 0.251 e. The third-order valence-corrected chi connectivity index (χ3v) is 2.76. The number of hydrogen-bond donors (Lipinski definition) is 3. The Balaban J connectivity index is 2.49. The summed E-state index contributed by atoms with van der Waals surface area (Å²) in [5.41, 5.74) is 1.79. The van der Waals surface area contributed by atoms with Crippen molar-refractivity contribution in [3.05, 3.63) is 48.0 Å². The Morgan fingerprint density at radius 2 is 2.20 bits per heavy atom. The topological polar surface area (TPSA) is 65.5 Å². The highest BCUT2D eigenvalue weighted by Crippen LogP contribution is 2.05.